The van der Waals surface area contributed by atoms with Crippen LogP contribution in [0.25, 0.3) is 0 Å². The monoisotopic (exact) mass is 236 g/mol. The average molecular weight is 236 g/mol. The summed E-state index contributed by atoms with van der Waals surface area (Å²) in [5, 5.41) is 0. The highest BCUT2D eigenvalue weighted by molar-refractivity contribution is 5.19. The van der Waals surface area contributed by atoms with Crippen molar-refractivity contribution in [1.29, 1.82) is 0 Å². The maximum atomic E-state index is 12.8. The van der Waals surface area contributed by atoms with Crippen LogP contribution < -0.4 is 5.73 Å². The molecule has 2 N–H and O–H groups in total. The molecule has 17 heavy (non-hydrogen) atoms. The summed E-state index contributed by atoms with van der Waals surface area (Å²) >= 11 is 0. The van der Waals surface area contributed by atoms with Gasteiger partial charge in [0.25, 0.3) is 0 Å². The fraction of sp³-hybridized carbons (Fsp3) is 0.571. The zero-order valence-electron chi connectivity index (χ0n) is 10.4. The maximum absolute atomic E-state index is 12.8. The second kappa shape index (κ2) is 5.61. The van der Waals surface area contributed by atoms with E-state index in [0.717, 1.165) is 31.1 Å². The smallest absolute Gasteiger partial charge is 0.123 e. The minimum atomic E-state index is -0.201. The van der Waals surface area contributed by atoms with Crippen LogP contribution in [0.15, 0.2) is 24.3 Å². The average Bonchev–Trinajstić information content (AvgIpc) is 2.77. The summed E-state index contributed by atoms with van der Waals surface area (Å²) in [6, 6.07) is 6.52. The van der Waals surface area contributed by atoms with Crippen molar-refractivity contribution in [1.82, 2.24) is 4.90 Å². The van der Waals surface area contributed by atoms with Crippen molar-refractivity contribution in [3.05, 3.63) is 35.6 Å². The highest BCUT2D eigenvalue weighted by Crippen LogP contribution is 2.21. The fourth-order valence-corrected chi connectivity index (χ4v) is 2.51. The van der Waals surface area contributed by atoms with Crippen LogP contribution >= 0.6 is 0 Å². The molecular weight excluding hydrogens is 215 g/mol. The number of hydrogen-bond acceptors (Lipinski definition) is 2. The molecule has 2 nitrogen and oxygen atoms in total. The summed E-state index contributed by atoms with van der Waals surface area (Å²) in [5.41, 5.74) is 7.17. The first kappa shape index (κ1) is 12.5. The summed E-state index contributed by atoms with van der Waals surface area (Å²) < 4.78 is 12.8. The van der Waals surface area contributed by atoms with Crippen molar-refractivity contribution >= 4 is 0 Å². The van der Waals surface area contributed by atoms with Gasteiger partial charge in [0.05, 0.1) is 0 Å². The Kier molecular flexibility index (Phi) is 4.13. The Balaban J connectivity index is 1.89. The predicted octanol–water partition coefficient (Wildman–Crippen LogP) is 2.56. The quantitative estimate of drug-likeness (QED) is 0.870. The third-order valence-electron chi connectivity index (χ3n) is 3.70. The van der Waals surface area contributed by atoms with E-state index < -0.39 is 0 Å². The molecule has 2 atom stereocenters. The fourth-order valence-electron chi connectivity index (χ4n) is 2.51. The predicted molar refractivity (Wildman–Crippen MR) is 68.2 cm³/mol. The Hall–Kier alpha value is -0.930. The molecule has 0 spiro atoms. The van der Waals surface area contributed by atoms with Crippen LogP contribution in [0.3, 0.4) is 0 Å². The Morgan fingerprint density at radius 2 is 2.12 bits per heavy atom. The van der Waals surface area contributed by atoms with Gasteiger partial charge in [-0.3, -0.25) is 0 Å². The van der Waals surface area contributed by atoms with E-state index in [9.17, 15) is 4.39 Å². The van der Waals surface area contributed by atoms with Crippen LogP contribution in [0.5, 0.6) is 0 Å². The largest absolute Gasteiger partial charge is 0.323 e. The molecular formula is C14H21FN2. The van der Waals surface area contributed by atoms with Crippen LogP contribution in [0.4, 0.5) is 4.39 Å². The third kappa shape index (κ3) is 3.27. The molecule has 1 aliphatic heterocycles. The molecule has 2 rings (SSSR count). The molecule has 1 aliphatic rings. The Bertz CT molecular complexity index is 350. The van der Waals surface area contributed by atoms with Gasteiger partial charge in [-0.2, -0.15) is 0 Å². The second-order valence-corrected chi connectivity index (χ2v) is 4.98. The number of halogens is 1. The summed E-state index contributed by atoms with van der Waals surface area (Å²) in [5.74, 6) is 0.628. The first-order valence-corrected chi connectivity index (χ1v) is 6.42. The lowest BCUT2D eigenvalue weighted by Crippen LogP contribution is -2.30. The zero-order chi connectivity index (χ0) is 12.3. The molecule has 0 bridgehead atoms. The number of rotatable bonds is 4. The molecule has 1 saturated heterocycles. The number of likely N-dealkylation sites (tertiary alicyclic amines) is 1. The first-order valence-electron chi connectivity index (χ1n) is 6.42. The standard InChI is InChI=1S/C14H21FN2/c1-2-11-7-8-17(9-11)10-14(16)12-3-5-13(15)6-4-12/h3-6,11,14H,2,7-10,16H2,1H3. The van der Waals surface area contributed by atoms with Crippen LogP contribution in [0.1, 0.15) is 31.4 Å². The number of hydrogen-bond donors (Lipinski definition) is 1. The van der Waals surface area contributed by atoms with Gasteiger partial charge < -0.3 is 10.6 Å². The van der Waals surface area contributed by atoms with E-state index in [1.54, 1.807) is 12.1 Å². The number of benzene rings is 1. The molecule has 94 valence electrons. The van der Waals surface area contributed by atoms with Gasteiger partial charge in [0.15, 0.2) is 0 Å². The van der Waals surface area contributed by atoms with E-state index in [4.69, 9.17) is 5.73 Å². The summed E-state index contributed by atoms with van der Waals surface area (Å²) in [7, 11) is 0. The normalized spacial score (nSPS) is 22.9. The number of nitrogens with zero attached hydrogens (tertiary/aromatic N) is 1. The van der Waals surface area contributed by atoms with E-state index in [0.29, 0.717) is 0 Å². The molecule has 0 amide bonds. The molecule has 1 fully saturated rings. The van der Waals surface area contributed by atoms with E-state index in [1.165, 1.54) is 25.0 Å². The molecule has 1 aromatic carbocycles. The van der Waals surface area contributed by atoms with Crippen molar-refractivity contribution in [3.8, 4) is 0 Å². The van der Waals surface area contributed by atoms with Crippen LogP contribution in [0.2, 0.25) is 0 Å². The Morgan fingerprint density at radius 3 is 2.71 bits per heavy atom. The van der Waals surface area contributed by atoms with Gasteiger partial charge in [0, 0.05) is 19.1 Å². The lowest BCUT2D eigenvalue weighted by atomic mass is 10.1. The molecule has 0 aliphatic carbocycles. The van der Waals surface area contributed by atoms with Crippen LogP contribution in [-0.4, -0.2) is 24.5 Å². The third-order valence-corrected chi connectivity index (χ3v) is 3.70. The van der Waals surface area contributed by atoms with Crippen molar-refractivity contribution < 1.29 is 4.39 Å². The van der Waals surface area contributed by atoms with Crippen molar-refractivity contribution in [3.63, 3.8) is 0 Å². The SMILES string of the molecule is CCC1CCN(CC(N)c2ccc(F)cc2)C1. The molecule has 0 radical (unpaired) electrons. The summed E-state index contributed by atoms with van der Waals surface area (Å²) in [4.78, 5) is 2.42. The minimum Gasteiger partial charge on any atom is -0.323 e. The van der Waals surface area contributed by atoms with Gasteiger partial charge in [0.1, 0.15) is 5.82 Å². The van der Waals surface area contributed by atoms with E-state index in [1.807, 2.05) is 0 Å². The van der Waals surface area contributed by atoms with Gasteiger partial charge in [0.2, 0.25) is 0 Å². The van der Waals surface area contributed by atoms with E-state index in [2.05, 4.69) is 11.8 Å². The highest BCUT2D eigenvalue weighted by atomic mass is 19.1. The van der Waals surface area contributed by atoms with Crippen molar-refractivity contribution in [2.45, 2.75) is 25.8 Å². The molecule has 2 unspecified atom stereocenters. The molecule has 0 saturated carbocycles. The Labute approximate surface area is 103 Å². The highest BCUT2D eigenvalue weighted by Gasteiger charge is 2.22. The maximum Gasteiger partial charge on any atom is 0.123 e. The van der Waals surface area contributed by atoms with Crippen LogP contribution in [-0.2, 0) is 0 Å². The second-order valence-electron chi connectivity index (χ2n) is 4.98. The van der Waals surface area contributed by atoms with Gasteiger partial charge in [-0.15, -0.1) is 0 Å². The van der Waals surface area contributed by atoms with Gasteiger partial charge in [-0.1, -0.05) is 25.5 Å². The minimum absolute atomic E-state index is 0.00814. The number of nitrogens with two attached hydrogens (primary N) is 1. The van der Waals surface area contributed by atoms with Crippen LogP contribution in [0, 0.1) is 11.7 Å². The van der Waals surface area contributed by atoms with Gasteiger partial charge >= 0.3 is 0 Å². The van der Waals surface area contributed by atoms with Gasteiger partial charge in [-0.25, -0.2) is 4.39 Å². The van der Waals surface area contributed by atoms with Crippen molar-refractivity contribution in [2.75, 3.05) is 19.6 Å². The first-order chi connectivity index (χ1) is 8.19. The molecule has 0 aromatic heterocycles. The topological polar surface area (TPSA) is 29.3 Å². The molecule has 1 heterocycles. The van der Waals surface area contributed by atoms with E-state index >= 15 is 0 Å². The zero-order valence-corrected chi connectivity index (χ0v) is 10.4. The van der Waals surface area contributed by atoms with E-state index in [-0.39, 0.29) is 11.9 Å². The lowest BCUT2D eigenvalue weighted by molar-refractivity contribution is 0.302. The lowest BCUT2D eigenvalue weighted by Gasteiger charge is -2.21. The Morgan fingerprint density at radius 1 is 1.41 bits per heavy atom. The van der Waals surface area contributed by atoms with Gasteiger partial charge in [-0.05, 0) is 36.6 Å². The summed E-state index contributed by atoms with van der Waals surface area (Å²) in [6.07, 6.45) is 2.54. The van der Waals surface area contributed by atoms with Crippen molar-refractivity contribution in [2.24, 2.45) is 11.7 Å². The molecule has 3 heteroatoms. The summed E-state index contributed by atoms with van der Waals surface area (Å²) in [6.45, 7) is 5.43. The molecule has 1 aromatic rings.